The monoisotopic (exact) mass is 260 g/mol. The second-order valence-electron chi connectivity index (χ2n) is 7.86. The molecule has 0 aromatic rings. The molecular weight excluding hydrogens is 234 g/mol. The number of primary amides is 1. The van der Waals surface area contributed by atoms with Gasteiger partial charge in [-0.3, -0.25) is 4.79 Å². The summed E-state index contributed by atoms with van der Waals surface area (Å²) in [5.74, 6) is 2.59. The third-order valence-electron chi connectivity index (χ3n) is 7.50. The number of carbonyl (C=O) groups is 1. The van der Waals surface area contributed by atoms with Gasteiger partial charge in [-0.1, -0.05) is 0 Å². The third-order valence-corrected chi connectivity index (χ3v) is 7.50. The maximum atomic E-state index is 11.8. The summed E-state index contributed by atoms with van der Waals surface area (Å²) in [4.78, 5) is 11.8. The molecule has 0 saturated heterocycles. The van der Waals surface area contributed by atoms with Crippen LogP contribution in [0.3, 0.4) is 0 Å². The summed E-state index contributed by atoms with van der Waals surface area (Å²) in [6, 6.07) is 0. The minimum absolute atomic E-state index is 0.0420. The summed E-state index contributed by atoms with van der Waals surface area (Å²) in [6.45, 7) is 0. The van der Waals surface area contributed by atoms with Gasteiger partial charge in [0, 0.05) is 5.92 Å². The van der Waals surface area contributed by atoms with E-state index in [0.717, 1.165) is 12.3 Å². The van der Waals surface area contributed by atoms with Gasteiger partial charge in [-0.2, -0.15) is 0 Å². The van der Waals surface area contributed by atoms with Crippen molar-refractivity contribution in [1.29, 1.82) is 0 Å². The zero-order valence-electron chi connectivity index (χ0n) is 11.9. The van der Waals surface area contributed by atoms with Crippen molar-refractivity contribution in [3.63, 3.8) is 0 Å². The van der Waals surface area contributed by atoms with Gasteiger partial charge < -0.3 is 5.73 Å². The van der Waals surface area contributed by atoms with Gasteiger partial charge in [0.15, 0.2) is 0 Å². The van der Waals surface area contributed by atoms with E-state index in [1.165, 1.54) is 70.1 Å². The zero-order chi connectivity index (χ0) is 13.1. The molecule has 2 heteroatoms. The number of amides is 1. The molecule has 1 radical (unpaired) electrons. The topological polar surface area (TPSA) is 43.1 Å². The van der Waals surface area contributed by atoms with Crippen LogP contribution in [0, 0.1) is 28.6 Å². The number of fused-ring (bicyclic) bond motifs is 6. The first kappa shape index (κ1) is 12.2. The fourth-order valence-corrected chi connectivity index (χ4v) is 6.23. The lowest BCUT2D eigenvalue weighted by molar-refractivity contribution is -0.137. The van der Waals surface area contributed by atoms with Gasteiger partial charge in [0.2, 0.25) is 5.91 Å². The van der Waals surface area contributed by atoms with E-state index in [9.17, 15) is 4.79 Å². The summed E-state index contributed by atoms with van der Waals surface area (Å²) in [5, 5.41) is 0. The second kappa shape index (κ2) is 3.99. The largest absolute Gasteiger partial charge is 0.369 e. The van der Waals surface area contributed by atoms with Crippen LogP contribution in [-0.4, -0.2) is 5.91 Å². The van der Waals surface area contributed by atoms with Crippen molar-refractivity contribution in [2.45, 2.75) is 70.6 Å². The number of carbonyl (C=O) groups excluding carboxylic acids is 1. The lowest BCUT2D eigenvalue weighted by Gasteiger charge is -2.63. The molecule has 1 amide bonds. The molecule has 0 aliphatic heterocycles. The van der Waals surface area contributed by atoms with Crippen molar-refractivity contribution in [3.05, 3.63) is 5.92 Å². The van der Waals surface area contributed by atoms with Gasteiger partial charge in [-0.05, 0) is 93.3 Å². The average Bonchev–Trinajstić information content (AvgIpc) is 2.50. The molecule has 0 aromatic heterocycles. The van der Waals surface area contributed by atoms with Crippen molar-refractivity contribution in [3.8, 4) is 0 Å². The standard InChI is InChI=1S/C17H26NO/c18-15(19)14-11-17(9-4-13(14)5-10-17)16-6-1-12(2-7-16)3-8-16/h12,14H,1-11H2,(H2,18,19). The van der Waals surface area contributed by atoms with Gasteiger partial charge in [-0.15, -0.1) is 0 Å². The lowest BCUT2D eigenvalue weighted by Crippen LogP contribution is -2.55. The van der Waals surface area contributed by atoms with Crippen molar-refractivity contribution < 1.29 is 4.79 Å². The van der Waals surface area contributed by atoms with Crippen LogP contribution >= 0.6 is 0 Å². The molecule has 6 aliphatic rings. The minimum atomic E-state index is -0.0420. The third kappa shape index (κ3) is 1.58. The van der Waals surface area contributed by atoms with Crippen LogP contribution in [0.1, 0.15) is 70.6 Å². The maximum absolute atomic E-state index is 11.8. The molecule has 6 fully saturated rings. The van der Waals surface area contributed by atoms with Gasteiger partial charge in [0.1, 0.15) is 0 Å². The predicted octanol–water partition coefficient (Wildman–Crippen LogP) is 3.60. The molecule has 0 heterocycles. The van der Waals surface area contributed by atoms with Crippen LogP contribution in [0.4, 0.5) is 0 Å². The quantitative estimate of drug-likeness (QED) is 0.810. The highest BCUT2D eigenvalue weighted by Gasteiger charge is 2.59. The Balaban J connectivity index is 1.66. The fourth-order valence-electron chi connectivity index (χ4n) is 6.23. The normalized spacial score (nSPS) is 49.5. The van der Waals surface area contributed by atoms with Gasteiger partial charge >= 0.3 is 0 Å². The minimum Gasteiger partial charge on any atom is -0.369 e. The van der Waals surface area contributed by atoms with Gasteiger partial charge in [0.25, 0.3) is 0 Å². The molecule has 0 spiro atoms. The molecule has 0 aromatic carbocycles. The van der Waals surface area contributed by atoms with E-state index in [-0.39, 0.29) is 11.8 Å². The highest BCUT2D eigenvalue weighted by molar-refractivity contribution is 5.79. The van der Waals surface area contributed by atoms with E-state index in [2.05, 4.69) is 0 Å². The number of hydrogen-bond donors (Lipinski definition) is 1. The highest BCUT2D eigenvalue weighted by atomic mass is 16.1. The predicted molar refractivity (Wildman–Crippen MR) is 75.1 cm³/mol. The second-order valence-corrected chi connectivity index (χ2v) is 7.86. The Morgan fingerprint density at radius 2 is 1.53 bits per heavy atom. The molecule has 2 nitrogen and oxygen atoms in total. The van der Waals surface area contributed by atoms with Crippen molar-refractivity contribution in [2.75, 3.05) is 0 Å². The first-order valence-corrected chi connectivity index (χ1v) is 8.28. The molecular formula is C17H26NO. The Hall–Kier alpha value is -0.530. The van der Waals surface area contributed by atoms with E-state index in [4.69, 9.17) is 5.73 Å². The van der Waals surface area contributed by atoms with E-state index in [1.54, 1.807) is 0 Å². The smallest absolute Gasteiger partial charge is 0.221 e. The number of hydrogen-bond acceptors (Lipinski definition) is 1. The van der Waals surface area contributed by atoms with Crippen LogP contribution in [0.5, 0.6) is 0 Å². The van der Waals surface area contributed by atoms with Crippen LogP contribution in [0.25, 0.3) is 0 Å². The van der Waals surface area contributed by atoms with E-state index in [1.807, 2.05) is 0 Å². The SMILES string of the molecule is NC(=O)C1CC2(C34CCC(CC3)CC4)CC[C]1CC2. The zero-order valence-corrected chi connectivity index (χ0v) is 11.9. The maximum Gasteiger partial charge on any atom is 0.221 e. The Labute approximate surface area is 116 Å². The molecule has 1 unspecified atom stereocenters. The van der Waals surface area contributed by atoms with Crippen LogP contribution in [0.2, 0.25) is 0 Å². The first-order chi connectivity index (χ1) is 9.14. The van der Waals surface area contributed by atoms with E-state index < -0.39 is 0 Å². The Morgan fingerprint density at radius 3 is 2.05 bits per heavy atom. The molecule has 19 heavy (non-hydrogen) atoms. The molecule has 6 rings (SSSR count). The Morgan fingerprint density at radius 1 is 0.947 bits per heavy atom. The van der Waals surface area contributed by atoms with Crippen LogP contribution in [0.15, 0.2) is 0 Å². The van der Waals surface area contributed by atoms with Crippen molar-refractivity contribution >= 4 is 5.91 Å². The lowest BCUT2D eigenvalue weighted by atomic mass is 9.41. The highest BCUT2D eigenvalue weighted by Crippen LogP contribution is 2.69. The first-order valence-electron chi connectivity index (χ1n) is 8.28. The average molecular weight is 260 g/mol. The van der Waals surface area contributed by atoms with Gasteiger partial charge in [-0.25, -0.2) is 0 Å². The molecule has 1 atom stereocenters. The van der Waals surface area contributed by atoms with Crippen molar-refractivity contribution in [1.82, 2.24) is 0 Å². The van der Waals surface area contributed by atoms with Gasteiger partial charge in [0.05, 0.1) is 0 Å². The number of rotatable bonds is 2. The van der Waals surface area contributed by atoms with Crippen molar-refractivity contribution in [2.24, 2.45) is 28.4 Å². The summed E-state index contributed by atoms with van der Waals surface area (Å²) in [6.07, 6.45) is 14.9. The number of nitrogens with two attached hydrogens (primary N) is 1. The van der Waals surface area contributed by atoms with Crippen LogP contribution in [-0.2, 0) is 4.79 Å². The van der Waals surface area contributed by atoms with Crippen LogP contribution < -0.4 is 5.73 Å². The Kier molecular flexibility index (Phi) is 2.57. The van der Waals surface area contributed by atoms with E-state index >= 15 is 0 Å². The summed E-state index contributed by atoms with van der Waals surface area (Å²) in [5.41, 5.74) is 6.73. The summed E-state index contributed by atoms with van der Waals surface area (Å²) in [7, 11) is 0. The molecule has 6 saturated carbocycles. The van der Waals surface area contributed by atoms with E-state index in [0.29, 0.717) is 10.8 Å². The fraction of sp³-hybridized carbons (Fsp3) is 0.882. The Bertz CT molecular complexity index is 372. The molecule has 2 N–H and O–H groups in total. The molecule has 6 aliphatic carbocycles. The molecule has 105 valence electrons. The molecule has 4 bridgehead atoms. The summed E-state index contributed by atoms with van der Waals surface area (Å²) < 4.78 is 0. The summed E-state index contributed by atoms with van der Waals surface area (Å²) >= 11 is 0.